The van der Waals surface area contributed by atoms with Crippen molar-refractivity contribution in [3.63, 3.8) is 0 Å². The molecule has 1 aliphatic heterocycles. The second-order valence-electron chi connectivity index (χ2n) is 4.86. The molecule has 21 heavy (non-hydrogen) atoms. The van der Waals surface area contributed by atoms with E-state index >= 15 is 0 Å². The van der Waals surface area contributed by atoms with Gasteiger partial charge in [-0.3, -0.25) is 0 Å². The van der Waals surface area contributed by atoms with Gasteiger partial charge >= 0.3 is 0 Å². The molecule has 0 saturated heterocycles. The Morgan fingerprint density at radius 3 is 2.62 bits per heavy atom. The van der Waals surface area contributed by atoms with Gasteiger partial charge in [-0.05, 0) is 24.3 Å². The van der Waals surface area contributed by atoms with Crippen molar-refractivity contribution in [1.82, 2.24) is 5.32 Å². The molecule has 2 aromatic carbocycles. The van der Waals surface area contributed by atoms with Crippen LogP contribution in [-0.4, -0.2) is 32.4 Å². The summed E-state index contributed by atoms with van der Waals surface area (Å²) in [5.41, 5.74) is 0. The molecule has 0 radical (unpaired) electrons. The molecule has 1 N–H and O–H groups in total. The predicted molar refractivity (Wildman–Crippen MR) is 81.2 cm³/mol. The Morgan fingerprint density at radius 1 is 1.00 bits per heavy atom. The van der Waals surface area contributed by atoms with E-state index in [1.807, 2.05) is 54.6 Å². The third-order valence-corrected chi connectivity index (χ3v) is 3.23. The summed E-state index contributed by atoms with van der Waals surface area (Å²) in [5, 5.41) is 3.33. The lowest BCUT2D eigenvalue weighted by Gasteiger charge is -2.26. The van der Waals surface area contributed by atoms with Gasteiger partial charge in [-0.25, -0.2) is 0 Å². The van der Waals surface area contributed by atoms with Crippen molar-refractivity contribution in [3.05, 3.63) is 54.6 Å². The number of fused-ring (bicyclic) bond motifs is 1. The quantitative estimate of drug-likeness (QED) is 0.828. The van der Waals surface area contributed by atoms with E-state index in [-0.39, 0.29) is 6.10 Å². The Bertz CT molecular complexity index is 559. The summed E-state index contributed by atoms with van der Waals surface area (Å²) < 4.78 is 17.2. The van der Waals surface area contributed by atoms with Crippen molar-refractivity contribution in [2.45, 2.75) is 6.10 Å². The molecule has 0 fully saturated rings. The molecule has 0 saturated carbocycles. The normalized spacial score (nSPS) is 16.5. The Balaban J connectivity index is 1.35. The summed E-state index contributed by atoms with van der Waals surface area (Å²) in [4.78, 5) is 0. The topological polar surface area (TPSA) is 39.7 Å². The van der Waals surface area contributed by atoms with Crippen molar-refractivity contribution < 1.29 is 14.2 Å². The highest BCUT2D eigenvalue weighted by Crippen LogP contribution is 2.30. The third kappa shape index (κ3) is 3.89. The summed E-state index contributed by atoms with van der Waals surface area (Å²) in [7, 11) is 0. The molecule has 1 atom stereocenters. The summed E-state index contributed by atoms with van der Waals surface area (Å²) in [5.74, 6) is 2.53. The van der Waals surface area contributed by atoms with Crippen LogP contribution in [0.5, 0.6) is 17.2 Å². The van der Waals surface area contributed by atoms with Crippen LogP contribution in [0.1, 0.15) is 0 Å². The number of nitrogens with one attached hydrogen (secondary N) is 1. The highest BCUT2D eigenvalue weighted by Gasteiger charge is 2.19. The van der Waals surface area contributed by atoms with E-state index in [1.54, 1.807) is 0 Å². The van der Waals surface area contributed by atoms with Gasteiger partial charge in [0.15, 0.2) is 11.5 Å². The molecular weight excluding hydrogens is 266 g/mol. The van der Waals surface area contributed by atoms with Crippen LogP contribution in [0.25, 0.3) is 0 Å². The SMILES string of the molecule is c1ccc(OCCNC[C@@H]2COc3ccccc3O2)cc1. The van der Waals surface area contributed by atoms with Gasteiger partial charge < -0.3 is 19.5 Å². The van der Waals surface area contributed by atoms with Crippen LogP contribution in [0.3, 0.4) is 0 Å². The molecule has 0 unspecified atom stereocenters. The lowest BCUT2D eigenvalue weighted by Crippen LogP contribution is -2.39. The first-order chi connectivity index (χ1) is 10.4. The molecule has 3 rings (SSSR count). The molecule has 1 heterocycles. The van der Waals surface area contributed by atoms with Gasteiger partial charge in [-0.15, -0.1) is 0 Å². The lowest BCUT2D eigenvalue weighted by atomic mass is 10.2. The van der Waals surface area contributed by atoms with E-state index in [0.29, 0.717) is 13.2 Å². The van der Waals surface area contributed by atoms with Gasteiger partial charge in [0.05, 0.1) is 0 Å². The van der Waals surface area contributed by atoms with E-state index in [1.165, 1.54) is 0 Å². The predicted octanol–water partition coefficient (Wildman–Crippen LogP) is 2.50. The van der Waals surface area contributed by atoms with Gasteiger partial charge in [0.1, 0.15) is 25.1 Å². The van der Waals surface area contributed by atoms with Gasteiger partial charge in [0.2, 0.25) is 0 Å². The zero-order valence-electron chi connectivity index (χ0n) is 11.8. The van der Waals surface area contributed by atoms with Crippen molar-refractivity contribution >= 4 is 0 Å². The summed E-state index contributed by atoms with van der Waals surface area (Å²) in [6, 6.07) is 17.6. The molecule has 0 amide bonds. The highest BCUT2D eigenvalue weighted by molar-refractivity contribution is 5.40. The first-order valence-electron chi connectivity index (χ1n) is 7.19. The van der Waals surface area contributed by atoms with Gasteiger partial charge in [0, 0.05) is 13.1 Å². The van der Waals surface area contributed by atoms with E-state index in [0.717, 1.165) is 30.3 Å². The minimum atomic E-state index is 0.0385. The van der Waals surface area contributed by atoms with E-state index in [9.17, 15) is 0 Å². The second kappa shape index (κ2) is 6.99. The van der Waals surface area contributed by atoms with E-state index < -0.39 is 0 Å². The molecular formula is C17H19NO3. The number of hydrogen-bond acceptors (Lipinski definition) is 4. The average molecular weight is 285 g/mol. The maximum Gasteiger partial charge on any atom is 0.161 e. The molecule has 0 aromatic heterocycles. The fourth-order valence-corrected chi connectivity index (χ4v) is 2.18. The van der Waals surface area contributed by atoms with Crippen molar-refractivity contribution in [1.29, 1.82) is 0 Å². The molecule has 4 heteroatoms. The highest BCUT2D eigenvalue weighted by atomic mass is 16.6. The first-order valence-corrected chi connectivity index (χ1v) is 7.19. The average Bonchev–Trinajstić information content (AvgIpc) is 2.55. The molecule has 0 bridgehead atoms. The van der Waals surface area contributed by atoms with Crippen LogP contribution < -0.4 is 19.5 Å². The van der Waals surface area contributed by atoms with Crippen LogP contribution in [0, 0.1) is 0 Å². The third-order valence-electron chi connectivity index (χ3n) is 3.23. The molecule has 1 aliphatic rings. The number of para-hydroxylation sites is 3. The van der Waals surface area contributed by atoms with E-state index in [2.05, 4.69) is 5.32 Å². The largest absolute Gasteiger partial charge is 0.492 e. The summed E-state index contributed by atoms with van der Waals surface area (Å²) >= 11 is 0. The van der Waals surface area contributed by atoms with Crippen molar-refractivity contribution in [3.8, 4) is 17.2 Å². The minimum Gasteiger partial charge on any atom is -0.492 e. The Labute approximate surface area is 124 Å². The Hall–Kier alpha value is -2.20. The van der Waals surface area contributed by atoms with Crippen LogP contribution in [0.2, 0.25) is 0 Å². The van der Waals surface area contributed by atoms with Crippen LogP contribution in [0.15, 0.2) is 54.6 Å². The van der Waals surface area contributed by atoms with Gasteiger partial charge in [0.25, 0.3) is 0 Å². The monoisotopic (exact) mass is 285 g/mol. The fourth-order valence-electron chi connectivity index (χ4n) is 2.18. The molecule has 110 valence electrons. The standard InChI is InChI=1S/C17H19NO3/c1-2-6-14(7-3-1)19-11-10-18-12-15-13-20-16-8-4-5-9-17(16)21-15/h1-9,15,18H,10-13H2/t15-/m1/s1. The van der Waals surface area contributed by atoms with E-state index in [4.69, 9.17) is 14.2 Å². The molecule has 0 spiro atoms. The van der Waals surface area contributed by atoms with Gasteiger partial charge in [-0.2, -0.15) is 0 Å². The van der Waals surface area contributed by atoms with Crippen molar-refractivity contribution in [2.75, 3.05) is 26.3 Å². The van der Waals surface area contributed by atoms with Crippen LogP contribution in [0.4, 0.5) is 0 Å². The summed E-state index contributed by atoms with van der Waals surface area (Å²) in [6.45, 7) is 2.72. The molecule has 4 nitrogen and oxygen atoms in total. The second-order valence-corrected chi connectivity index (χ2v) is 4.86. The van der Waals surface area contributed by atoms with Crippen LogP contribution >= 0.6 is 0 Å². The molecule has 2 aromatic rings. The fraction of sp³-hybridized carbons (Fsp3) is 0.294. The smallest absolute Gasteiger partial charge is 0.161 e. The number of rotatable bonds is 6. The Kier molecular flexibility index (Phi) is 4.59. The maximum atomic E-state index is 5.87. The molecule has 0 aliphatic carbocycles. The lowest BCUT2D eigenvalue weighted by molar-refractivity contribution is 0.0897. The van der Waals surface area contributed by atoms with Crippen LogP contribution in [-0.2, 0) is 0 Å². The summed E-state index contributed by atoms with van der Waals surface area (Å²) in [6.07, 6.45) is 0.0385. The number of hydrogen-bond donors (Lipinski definition) is 1. The first kappa shape index (κ1) is 13.8. The zero-order valence-corrected chi connectivity index (χ0v) is 11.8. The zero-order chi connectivity index (χ0) is 14.3. The Morgan fingerprint density at radius 2 is 1.76 bits per heavy atom. The minimum absolute atomic E-state index is 0.0385. The van der Waals surface area contributed by atoms with Crippen molar-refractivity contribution in [2.24, 2.45) is 0 Å². The maximum absolute atomic E-state index is 5.87. The van der Waals surface area contributed by atoms with Gasteiger partial charge in [-0.1, -0.05) is 30.3 Å². The number of benzene rings is 2. The number of ether oxygens (including phenoxy) is 3.